The summed E-state index contributed by atoms with van der Waals surface area (Å²) in [4.78, 5) is 47.1. The van der Waals surface area contributed by atoms with E-state index in [4.69, 9.17) is 0 Å². The molecule has 5 atom stereocenters. The fourth-order valence-corrected chi connectivity index (χ4v) is 8.34. The Morgan fingerprint density at radius 2 is 1.77 bits per heavy atom. The number of rotatable bonds is 5. The molecule has 5 rings (SSSR count). The predicted molar refractivity (Wildman–Crippen MR) is 137 cm³/mol. The molecule has 1 N–H and O–H groups in total. The number of anilines is 1. The lowest BCUT2D eigenvalue weighted by Gasteiger charge is -2.36. The first-order chi connectivity index (χ1) is 16.8. The number of unbranched alkanes of at least 4 members (excludes halogenated alkanes) is 1. The lowest BCUT2D eigenvalue weighted by atomic mass is 9.78. The zero-order valence-electron chi connectivity index (χ0n) is 20.5. The van der Waals surface area contributed by atoms with Gasteiger partial charge in [-0.05, 0) is 37.8 Å². The topological polar surface area (TPSA) is 81.2 Å². The smallest absolute Gasteiger partial charge is 0.251 e. The van der Waals surface area contributed by atoms with Crippen LogP contribution >= 0.6 is 11.8 Å². The first kappa shape index (κ1) is 24.1. The van der Waals surface area contributed by atoms with Gasteiger partial charge in [0.05, 0.1) is 16.6 Å². The van der Waals surface area contributed by atoms with Crippen LogP contribution in [0.25, 0.3) is 0 Å². The van der Waals surface area contributed by atoms with E-state index >= 15 is 0 Å². The van der Waals surface area contributed by atoms with Gasteiger partial charge in [-0.25, -0.2) is 0 Å². The third kappa shape index (κ3) is 3.64. The molecule has 4 heterocycles. The predicted octanol–water partition coefficient (Wildman–Crippen LogP) is 2.30. The molecule has 7 nitrogen and oxygen atoms in total. The van der Waals surface area contributed by atoms with E-state index in [0.29, 0.717) is 32.5 Å². The van der Waals surface area contributed by atoms with E-state index in [-0.39, 0.29) is 29.6 Å². The molecule has 0 aliphatic carbocycles. The fraction of sp³-hybridized carbons (Fsp3) is 0.519. The summed E-state index contributed by atoms with van der Waals surface area (Å²) in [6, 6.07) is 5.30. The number of benzene rings is 1. The molecule has 1 aromatic carbocycles. The maximum Gasteiger partial charge on any atom is 0.251 e. The van der Waals surface area contributed by atoms with E-state index < -0.39 is 22.6 Å². The van der Waals surface area contributed by atoms with E-state index in [1.54, 1.807) is 28.6 Å². The maximum absolute atomic E-state index is 14.4. The molecule has 1 spiro atoms. The molecule has 8 heteroatoms. The molecule has 4 aliphatic heterocycles. The summed E-state index contributed by atoms with van der Waals surface area (Å²) < 4.78 is -0.799. The first-order valence-corrected chi connectivity index (χ1v) is 13.3. The maximum atomic E-state index is 14.4. The fourth-order valence-electron chi connectivity index (χ4n) is 6.33. The Bertz CT molecular complexity index is 1100. The number of fused-ring (bicyclic) bond motifs is 2. The molecule has 2 saturated heterocycles. The van der Waals surface area contributed by atoms with E-state index in [0.717, 1.165) is 16.8 Å². The molecular formula is C27H33N3O4S. The van der Waals surface area contributed by atoms with Crippen LogP contribution in [0, 0.1) is 25.7 Å². The summed E-state index contributed by atoms with van der Waals surface area (Å²) in [7, 11) is 1.78. The van der Waals surface area contributed by atoms with Crippen LogP contribution in [0.2, 0.25) is 0 Å². The average molecular weight is 496 g/mol. The van der Waals surface area contributed by atoms with E-state index in [1.807, 2.05) is 49.1 Å². The number of likely N-dealkylation sites (N-methyl/N-ethyl adjacent to an activating group) is 1. The number of hydrogen-bond acceptors (Lipinski definition) is 5. The molecule has 35 heavy (non-hydrogen) atoms. The summed E-state index contributed by atoms with van der Waals surface area (Å²) in [6.45, 7) is 5.39. The number of aryl methyl sites for hydroxylation is 2. The highest BCUT2D eigenvalue weighted by atomic mass is 32.2. The van der Waals surface area contributed by atoms with Crippen LogP contribution < -0.4 is 4.90 Å². The number of carbonyl (C=O) groups is 3. The van der Waals surface area contributed by atoms with Crippen LogP contribution in [0.1, 0.15) is 24.0 Å². The molecule has 0 saturated carbocycles. The highest BCUT2D eigenvalue weighted by molar-refractivity contribution is 8.02. The van der Waals surface area contributed by atoms with Crippen LogP contribution in [0.3, 0.4) is 0 Å². The van der Waals surface area contributed by atoms with Gasteiger partial charge in [0.2, 0.25) is 11.8 Å². The minimum Gasteiger partial charge on any atom is -0.396 e. The highest BCUT2D eigenvalue weighted by Crippen LogP contribution is 2.61. The third-order valence-corrected chi connectivity index (χ3v) is 9.62. The number of thioether (sulfide) groups is 1. The second-order valence-electron chi connectivity index (χ2n) is 10.0. The highest BCUT2D eigenvalue weighted by Gasteiger charge is 2.70. The Kier molecular flexibility index (Phi) is 6.30. The van der Waals surface area contributed by atoms with Gasteiger partial charge in [-0.3, -0.25) is 14.4 Å². The van der Waals surface area contributed by atoms with Crippen LogP contribution in [-0.4, -0.2) is 82.0 Å². The van der Waals surface area contributed by atoms with Gasteiger partial charge in [-0.1, -0.05) is 42.5 Å². The number of nitrogens with zero attached hydrogens (tertiary/aromatic N) is 3. The van der Waals surface area contributed by atoms with Gasteiger partial charge < -0.3 is 19.8 Å². The van der Waals surface area contributed by atoms with E-state index in [2.05, 4.69) is 12.2 Å². The van der Waals surface area contributed by atoms with Crippen molar-refractivity contribution in [3.8, 4) is 0 Å². The van der Waals surface area contributed by atoms with Gasteiger partial charge in [-0.2, -0.15) is 0 Å². The molecule has 4 aliphatic rings. The lowest BCUT2D eigenvalue weighted by Crippen LogP contribution is -2.53. The summed E-state index contributed by atoms with van der Waals surface area (Å²) in [6.07, 6.45) is 9.28. The summed E-state index contributed by atoms with van der Waals surface area (Å²) in [5, 5.41) is 9.20. The Morgan fingerprint density at radius 1 is 1.03 bits per heavy atom. The van der Waals surface area contributed by atoms with Crippen LogP contribution in [0.5, 0.6) is 0 Å². The number of likely N-dealkylation sites (tertiary alicyclic amines) is 1. The number of carbonyl (C=O) groups excluding carboxylic acids is 3. The minimum absolute atomic E-state index is 0.0321. The van der Waals surface area contributed by atoms with Crippen molar-refractivity contribution in [2.45, 2.75) is 42.7 Å². The van der Waals surface area contributed by atoms with Crippen molar-refractivity contribution in [1.82, 2.24) is 9.80 Å². The Hall–Kier alpha value is -2.58. The second-order valence-corrected chi connectivity index (χ2v) is 11.5. The van der Waals surface area contributed by atoms with Crippen molar-refractivity contribution in [1.29, 1.82) is 0 Å². The van der Waals surface area contributed by atoms with Crippen LogP contribution in [-0.2, 0) is 14.4 Å². The molecule has 1 aromatic rings. The van der Waals surface area contributed by atoms with E-state index in [9.17, 15) is 19.5 Å². The average Bonchev–Trinajstić information content (AvgIpc) is 3.14. The second kappa shape index (κ2) is 9.13. The van der Waals surface area contributed by atoms with Crippen molar-refractivity contribution < 1.29 is 19.5 Å². The normalized spacial score (nSPS) is 32.0. The van der Waals surface area contributed by atoms with Gasteiger partial charge in [0.1, 0.15) is 6.04 Å². The van der Waals surface area contributed by atoms with Crippen molar-refractivity contribution >= 4 is 35.2 Å². The molecule has 0 bridgehead atoms. The van der Waals surface area contributed by atoms with Gasteiger partial charge in [0.15, 0.2) is 0 Å². The summed E-state index contributed by atoms with van der Waals surface area (Å²) in [5.74, 6) is -1.33. The third-order valence-electron chi connectivity index (χ3n) is 7.88. The molecule has 0 aromatic heterocycles. The number of aliphatic hydroxyl groups excluding tert-OH is 1. The van der Waals surface area contributed by atoms with Crippen molar-refractivity contribution in [2.24, 2.45) is 11.8 Å². The van der Waals surface area contributed by atoms with Crippen LogP contribution in [0.15, 0.2) is 42.5 Å². The minimum atomic E-state index is -0.799. The van der Waals surface area contributed by atoms with Gasteiger partial charge in [-0.15, -0.1) is 11.8 Å². The lowest BCUT2D eigenvalue weighted by molar-refractivity contribution is -0.142. The van der Waals surface area contributed by atoms with Gasteiger partial charge in [0.25, 0.3) is 5.91 Å². The summed E-state index contributed by atoms with van der Waals surface area (Å²) >= 11 is 1.60. The Morgan fingerprint density at radius 3 is 2.49 bits per heavy atom. The monoisotopic (exact) mass is 495 g/mol. The zero-order valence-corrected chi connectivity index (χ0v) is 21.3. The largest absolute Gasteiger partial charge is 0.396 e. The van der Waals surface area contributed by atoms with Crippen LogP contribution in [0.4, 0.5) is 5.69 Å². The number of para-hydroxylation sites is 1. The summed E-state index contributed by atoms with van der Waals surface area (Å²) in [5.41, 5.74) is 2.91. The first-order valence-electron chi connectivity index (χ1n) is 12.4. The van der Waals surface area contributed by atoms with Crippen molar-refractivity contribution in [3.05, 3.63) is 53.6 Å². The quantitative estimate of drug-likeness (QED) is 0.501. The van der Waals surface area contributed by atoms with Crippen molar-refractivity contribution in [2.75, 3.05) is 38.2 Å². The Balaban J connectivity index is 1.62. The standard InChI is InChI=1S/C27H33N3O4S/c1-17-9-6-10-18(2)22(17)29-15-8-12-27-21(20-19(35-27)11-7-13-28(3)24(20)32)25(33)30(14-4-5-16-31)23(27)26(29)34/h6-12,19-21,23,31H,4-5,13-16H2,1-3H3/t19-,20+,21+,23?,27+/m1/s1. The number of amides is 3. The molecular weight excluding hydrogens is 462 g/mol. The van der Waals surface area contributed by atoms with Gasteiger partial charge >= 0.3 is 0 Å². The SMILES string of the molecule is Cc1cccc(C)c1N1CC=C[C@]23S[C@@H]4C=CCN(C)C(=O)[C@@H]4[C@H]2C(=O)N(CCCCO)C3C1=O. The van der Waals surface area contributed by atoms with Crippen molar-refractivity contribution in [3.63, 3.8) is 0 Å². The van der Waals surface area contributed by atoms with Gasteiger partial charge in [0, 0.05) is 44.2 Å². The Labute approximate surface area is 210 Å². The molecule has 186 valence electrons. The molecule has 3 amide bonds. The molecule has 0 radical (unpaired) electrons. The van der Waals surface area contributed by atoms with E-state index in [1.165, 1.54) is 0 Å². The zero-order chi connectivity index (χ0) is 24.9. The molecule has 1 unspecified atom stereocenters. The molecule has 2 fully saturated rings. The number of aliphatic hydroxyl groups is 1. The number of hydrogen-bond donors (Lipinski definition) is 1.